The Morgan fingerprint density at radius 1 is 0.600 bits per heavy atom. The van der Waals surface area contributed by atoms with Gasteiger partial charge in [0.25, 0.3) is 6.36 Å². The van der Waals surface area contributed by atoms with E-state index >= 15 is 0 Å². The molecule has 0 saturated heterocycles. The molecule has 2 aromatic rings. The van der Waals surface area contributed by atoms with Crippen molar-refractivity contribution < 1.29 is 55.6 Å². The molecule has 2 rings (SSSR count). The summed E-state index contributed by atoms with van der Waals surface area (Å²) >= 11 is 0. The van der Waals surface area contributed by atoms with E-state index in [9.17, 15) is 65.4 Å². The monoisotopic (exact) mass is 734 g/mol. The Bertz CT molecular complexity index is 1850. The van der Waals surface area contributed by atoms with E-state index in [0.29, 0.717) is 34.5 Å². The lowest BCUT2D eigenvalue weighted by molar-refractivity contribution is -0.174. The van der Waals surface area contributed by atoms with Crippen LogP contribution in [-0.4, -0.2) is 110 Å². The summed E-state index contributed by atoms with van der Waals surface area (Å²) in [5.41, 5.74) is -6.97. The maximum absolute atomic E-state index is 13.9. The zero-order chi connectivity index (χ0) is 37.9. The Morgan fingerprint density at radius 2 is 1.02 bits per heavy atom. The number of ether oxygens (including phenoxy) is 4. The van der Waals surface area contributed by atoms with Gasteiger partial charge in [-0.1, -0.05) is 0 Å². The summed E-state index contributed by atoms with van der Waals surface area (Å²) in [5, 5.41) is 9.20. The molecule has 282 valence electrons. The summed E-state index contributed by atoms with van der Waals surface area (Å²) in [6, 6.07) is 0. The first-order chi connectivity index (χ1) is 23.5. The van der Waals surface area contributed by atoms with Gasteiger partial charge in [0.15, 0.2) is 12.3 Å². The first kappa shape index (κ1) is 41.5. The fraction of sp³-hybridized carbons (Fsp3) is 0.692. The van der Waals surface area contributed by atoms with Gasteiger partial charge in [0.05, 0.1) is 45.7 Å². The van der Waals surface area contributed by atoms with Gasteiger partial charge in [-0.25, -0.2) is 73.7 Å². The van der Waals surface area contributed by atoms with Crippen LogP contribution in [0.1, 0.15) is 12.8 Å². The molecule has 50 heavy (non-hydrogen) atoms. The number of aliphatic hydroxyl groups excluding tert-OH is 1. The normalized spacial score (nSPS) is 14.5. The van der Waals surface area contributed by atoms with Crippen LogP contribution in [0.3, 0.4) is 0 Å². The molecule has 5 unspecified atom stereocenters. The van der Waals surface area contributed by atoms with Gasteiger partial charge in [0, 0.05) is 34.4 Å². The zero-order valence-corrected chi connectivity index (χ0v) is 26.9. The number of aromatic nitrogens is 6. The van der Waals surface area contributed by atoms with Crippen molar-refractivity contribution in [2.24, 2.45) is 7.05 Å². The van der Waals surface area contributed by atoms with Crippen molar-refractivity contribution >= 4 is 11.9 Å². The van der Waals surface area contributed by atoms with Crippen molar-refractivity contribution in [2.45, 2.75) is 76.8 Å². The van der Waals surface area contributed by atoms with E-state index in [0.717, 1.165) is 7.05 Å². The van der Waals surface area contributed by atoms with Gasteiger partial charge >= 0.3 is 46.1 Å². The van der Waals surface area contributed by atoms with Gasteiger partial charge in [0.1, 0.15) is 6.61 Å². The van der Waals surface area contributed by atoms with Crippen LogP contribution < -0.4 is 34.1 Å². The lowest BCUT2D eigenvalue weighted by atomic mass is 10.1. The van der Waals surface area contributed by atoms with Gasteiger partial charge in [-0.15, -0.1) is 0 Å². The predicted molar refractivity (Wildman–Crippen MR) is 156 cm³/mol. The first-order valence-electron chi connectivity index (χ1n) is 14.6. The molecule has 2 aromatic heterocycles. The molecular weight excluding hydrogens is 699 g/mol. The molecule has 0 aliphatic rings. The molecule has 1 N–H and O–H groups in total. The fourth-order valence-corrected chi connectivity index (χ4v) is 4.25. The molecule has 19 nitrogen and oxygen atoms in total. The minimum absolute atomic E-state index is 0.0726. The molecule has 24 heteroatoms. The number of carbonyl (C=O) groups excluding carboxylic acids is 2. The number of carbonyl (C=O) groups is 2. The van der Waals surface area contributed by atoms with Gasteiger partial charge in [-0.2, -0.15) is 4.39 Å². The number of aliphatic hydroxyl groups is 1. The molecule has 0 aliphatic carbocycles. The number of nitrogens with zero attached hydrogens (tertiary/aromatic N) is 6. The summed E-state index contributed by atoms with van der Waals surface area (Å²) in [4.78, 5) is 100. The van der Waals surface area contributed by atoms with Gasteiger partial charge in [-0.3, -0.25) is 9.59 Å². The zero-order valence-electron chi connectivity index (χ0n) is 26.9. The molecule has 0 aromatic carbocycles. The van der Waals surface area contributed by atoms with Gasteiger partial charge < -0.3 is 24.1 Å². The first-order valence-corrected chi connectivity index (χ1v) is 14.6. The largest absolute Gasteiger partial charge is 0.464 e. The third kappa shape index (κ3) is 9.93. The maximum Gasteiger partial charge on any atom is 0.336 e. The van der Waals surface area contributed by atoms with Crippen LogP contribution in [0.4, 0.5) is 22.0 Å². The van der Waals surface area contributed by atoms with E-state index in [1.54, 1.807) is 0 Å². The lowest BCUT2D eigenvalue weighted by Gasteiger charge is -2.21. The van der Waals surface area contributed by atoms with Crippen molar-refractivity contribution in [3.05, 3.63) is 62.9 Å². The molecule has 0 aliphatic heterocycles. The minimum atomic E-state index is -3.47. The Kier molecular flexibility index (Phi) is 15.7. The smallest absolute Gasteiger partial charge is 0.336 e. The number of hydrogen-bond donors (Lipinski definition) is 1. The van der Waals surface area contributed by atoms with E-state index in [-0.39, 0.29) is 13.2 Å². The average Bonchev–Trinajstić information content (AvgIpc) is 3.09. The number of hydrogen-bond acceptors (Lipinski definition) is 13. The summed E-state index contributed by atoms with van der Waals surface area (Å²) in [6.07, 6.45) is -18.2. The maximum atomic E-state index is 13.9. The number of methoxy groups -OCH3 is 2. The van der Waals surface area contributed by atoms with E-state index in [2.05, 4.69) is 9.47 Å². The molecule has 0 radical (unpaired) electrons. The van der Waals surface area contributed by atoms with Crippen LogP contribution in [0, 0.1) is 0 Å². The lowest BCUT2D eigenvalue weighted by Crippen LogP contribution is -2.55. The fourth-order valence-electron chi connectivity index (χ4n) is 4.25. The summed E-state index contributed by atoms with van der Waals surface area (Å²) in [5.74, 6) is -2.70. The second kappa shape index (κ2) is 18.9. The molecule has 0 fully saturated rings. The van der Waals surface area contributed by atoms with Crippen molar-refractivity contribution in [3.63, 3.8) is 0 Å². The highest BCUT2D eigenvalue weighted by atomic mass is 19.2. The highest BCUT2D eigenvalue weighted by Gasteiger charge is 2.42. The van der Waals surface area contributed by atoms with Gasteiger partial charge in [-0.05, 0) is 0 Å². The standard InChI is InChI=1S/C26H35F5N6O13/c1-32-21(41)33(23(43)34(22(32)42)7-5-15(40)50-20(31)18(29)16(27)17(28)19(30)48-3)6-4-14(39)49-13-10-37-25(45)35(8-11-38)24(44)36(26(37)46)9-12-47-2/h16-20,38H,4-13H2,1-3H3. The molecule has 5 atom stereocenters. The third-order valence-electron chi connectivity index (χ3n) is 6.96. The number of halogens is 5. The topological polar surface area (TPSA) is 223 Å². The molecular formula is C26H35F5N6O13. The summed E-state index contributed by atoms with van der Waals surface area (Å²) < 4.78 is 88.7. The molecule has 0 bridgehead atoms. The van der Waals surface area contributed by atoms with Crippen molar-refractivity contribution in [2.75, 3.05) is 34.0 Å². The van der Waals surface area contributed by atoms with Crippen molar-refractivity contribution in [1.82, 2.24) is 27.4 Å². The Balaban J connectivity index is 2.11. The van der Waals surface area contributed by atoms with E-state index in [1.807, 2.05) is 0 Å². The Labute approximate surface area is 276 Å². The molecule has 0 amide bonds. The summed E-state index contributed by atoms with van der Waals surface area (Å²) in [6.45, 7) is -4.10. The van der Waals surface area contributed by atoms with Crippen LogP contribution in [-0.2, 0) is 68.3 Å². The summed E-state index contributed by atoms with van der Waals surface area (Å²) in [7, 11) is 2.87. The van der Waals surface area contributed by atoms with E-state index in [4.69, 9.17) is 9.47 Å². The molecule has 2 heterocycles. The van der Waals surface area contributed by atoms with Crippen LogP contribution in [0.25, 0.3) is 0 Å². The number of alkyl halides is 5. The van der Waals surface area contributed by atoms with Crippen molar-refractivity contribution in [3.8, 4) is 0 Å². The quantitative estimate of drug-likeness (QED) is 0.104. The van der Waals surface area contributed by atoms with E-state index in [1.165, 1.54) is 7.11 Å². The molecule has 0 saturated carbocycles. The van der Waals surface area contributed by atoms with Gasteiger partial charge in [0.2, 0.25) is 12.5 Å². The van der Waals surface area contributed by atoms with Crippen molar-refractivity contribution in [1.29, 1.82) is 0 Å². The van der Waals surface area contributed by atoms with Crippen LogP contribution in [0.2, 0.25) is 0 Å². The average molecular weight is 735 g/mol. The van der Waals surface area contributed by atoms with E-state index < -0.39 is 130 Å². The highest BCUT2D eigenvalue weighted by molar-refractivity contribution is 5.69. The minimum Gasteiger partial charge on any atom is -0.464 e. The SMILES string of the molecule is COCCn1c(=O)n(CCO)c(=O)n(CCOC(=O)CCn2c(=O)n(C)c(=O)n(CCC(=O)OC(F)C(F)C(F)C(F)C(F)OC)c2=O)c1=O. The Morgan fingerprint density at radius 3 is 1.48 bits per heavy atom. The van der Waals surface area contributed by atoms with Crippen LogP contribution in [0.15, 0.2) is 28.8 Å². The second-order valence-corrected chi connectivity index (χ2v) is 10.2. The van der Waals surface area contributed by atoms with Crippen LogP contribution >= 0.6 is 0 Å². The third-order valence-corrected chi connectivity index (χ3v) is 6.96. The predicted octanol–water partition coefficient (Wildman–Crippen LogP) is -3.35. The highest BCUT2D eigenvalue weighted by Crippen LogP contribution is 2.22. The second-order valence-electron chi connectivity index (χ2n) is 10.2. The molecule has 0 spiro atoms. The number of rotatable bonds is 20. The van der Waals surface area contributed by atoms with Crippen LogP contribution in [0.5, 0.6) is 0 Å². The Hall–Kier alpha value is -4.71. The number of esters is 2.